The highest BCUT2D eigenvalue weighted by atomic mass is 31.2. The summed E-state index contributed by atoms with van der Waals surface area (Å²) in [6.45, 7) is 4.17. The molecule has 0 bridgehead atoms. The number of phosphoric ester groups is 1. The lowest BCUT2D eigenvalue weighted by molar-refractivity contribution is -0.870. The predicted molar refractivity (Wildman–Crippen MR) is 274 cm³/mol. The quantitative estimate of drug-likeness (QED) is 0.0212. The monoisotopic (exact) mass is 925 g/mol. The summed E-state index contributed by atoms with van der Waals surface area (Å²) in [5, 5.41) is 0. The van der Waals surface area contributed by atoms with E-state index in [-0.39, 0.29) is 26.1 Å². The largest absolute Gasteiger partial charge is 0.472 e. The van der Waals surface area contributed by atoms with Crippen LogP contribution < -0.4 is 0 Å². The number of rotatable bonds is 43. The highest BCUT2D eigenvalue weighted by molar-refractivity contribution is 7.47. The lowest BCUT2D eigenvalue weighted by Gasteiger charge is -2.24. The molecule has 0 aliphatic heterocycles. The molecule has 0 aromatic carbocycles. The molecule has 0 amide bonds. The van der Waals surface area contributed by atoms with E-state index in [9.17, 15) is 19.0 Å². The van der Waals surface area contributed by atoms with Crippen LogP contribution in [0.3, 0.4) is 0 Å². The molecule has 0 rings (SSSR count). The normalized spacial score (nSPS) is 14.5. The summed E-state index contributed by atoms with van der Waals surface area (Å²) in [6.07, 6.45) is 64.0. The van der Waals surface area contributed by atoms with Crippen LogP contribution in [-0.2, 0) is 32.7 Å². The van der Waals surface area contributed by atoms with Crippen LogP contribution in [0.1, 0.15) is 162 Å². The van der Waals surface area contributed by atoms with Gasteiger partial charge in [0, 0.05) is 12.8 Å². The van der Waals surface area contributed by atoms with Gasteiger partial charge in [-0.2, -0.15) is 0 Å². The summed E-state index contributed by atoms with van der Waals surface area (Å²) < 4.78 is 34.3. The van der Waals surface area contributed by atoms with Crippen molar-refractivity contribution in [1.82, 2.24) is 0 Å². The van der Waals surface area contributed by atoms with E-state index < -0.39 is 32.5 Å². The Morgan fingerprint density at radius 3 is 1.34 bits per heavy atom. The van der Waals surface area contributed by atoms with Crippen LogP contribution in [0.25, 0.3) is 0 Å². The number of carbonyl (C=O) groups excluding carboxylic acids is 2. The molecule has 0 saturated carbocycles. The highest BCUT2D eigenvalue weighted by Gasteiger charge is 2.27. The molecular formula is C55H91NO8P+. The molecule has 9 nitrogen and oxygen atoms in total. The SMILES string of the molecule is CC/C=C\C/C=C\C/C=C\C/C=C\C/C=C\C/C=C\C/C=C\C/C=C\CCCCC(=O)OC(COC(=O)CCCCCCC/C=C\C/C=C\CCCC)COP(=O)(O)OCC[N+](C)(C)C. The van der Waals surface area contributed by atoms with E-state index in [2.05, 4.69) is 135 Å². The Balaban J connectivity index is 4.41. The van der Waals surface area contributed by atoms with E-state index in [0.717, 1.165) is 109 Å². The third-order valence-corrected chi connectivity index (χ3v) is 10.7. The van der Waals surface area contributed by atoms with Crippen molar-refractivity contribution in [1.29, 1.82) is 0 Å². The number of allylic oxidation sites excluding steroid dienone is 20. The van der Waals surface area contributed by atoms with Crippen LogP contribution in [0.4, 0.5) is 0 Å². The molecule has 0 aliphatic rings. The number of ether oxygens (including phenoxy) is 2. The fraction of sp³-hybridized carbons (Fsp3) is 0.600. The maximum absolute atomic E-state index is 12.7. The number of esters is 2. The van der Waals surface area contributed by atoms with E-state index in [1.165, 1.54) is 12.8 Å². The number of unbranched alkanes of at least 4 members (excludes halogenated alkanes) is 9. The smallest absolute Gasteiger partial charge is 0.462 e. The van der Waals surface area contributed by atoms with Crippen LogP contribution in [0, 0.1) is 0 Å². The van der Waals surface area contributed by atoms with Gasteiger partial charge in [-0.25, -0.2) is 4.57 Å². The van der Waals surface area contributed by atoms with Crippen molar-refractivity contribution in [2.75, 3.05) is 47.5 Å². The maximum Gasteiger partial charge on any atom is 0.472 e. The van der Waals surface area contributed by atoms with Gasteiger partial charge in [0.25, 0.3) is 0 Å². The predicted octanol–water partition coefficient (Wildman–Crippen LogP) is 14.9. The van der Waals surface area contributed by atoms with E-state index in [1.54, 1.807) is 0 Å². The molecule has 0 heterocycles. The topological polar surface area (TPSA) is 108 Å². The zero-order valence-electron chi connectivity index (χ0n) is 41.4. The van der Waals surface area contributed by atoms with Gasteiger partial charge in [-0.05, 0) is 103 Å². The molecule has 0 aromatic heterocycles. The van der Waals surface area contributed by atoms with Gasteiger partial charge in [0.15, 0.2) is 6.10 Å². The van der Waals surface area contributed by atoms with Gasteiger partial charge in [0.2, 0.25) is 0 Å². The summed E-state index contributed by atoms with van der Waals surface area (Å²) in [6, 6.07) is 0. The average molecular weight is 925 g/mol. The fourth-order valence-corrected chi connectivity index (χ4v) is 6.61. The van der Waals surface area contributed by atoms with Crippen LogP contribution >= 0.6 is 7.82 Å². The Kier molecular flexibility index (Phi) is 43.0. The first-order chi connectivity index (χ1) is 31.5. The second-order valence-corrected chi connectivity index (χ2v) is 18.6. The van der Waals surface area contributed by atoms with Gasteiger partial charge in [0.1, 0.15) is 19.8 Å². The lowest BCUT2D eigenvalue weighted by atomic mass is 10.1. The number of hydrogen-bond donors (Lipinski definition) is 1. The van der Waals surface area contributed by atoms with Gasteiger partial charge in [0.05, 0.1) is 27.7 Å². The summed E-state index contributed by atoms with van der Waals surface area (Å²) >= 11 is 0. The minimum atomic E-state index is -4.40. The maximum atomic E-state index is 12.7. The minimum Gasteiger partial charge on any atom is -0.462 e. The Bertz CT molecular complexity index is 1510. The molecule has 2 unspecified atom stereocenters. The summed E-state index contributed by atoms with van der Waals surface area (Å²) in [5.41, 5.74) is 0. The zero-order valence-corrected chi connectivity index (χ0v) is 42.3. The van der Waals surface area contributed by atoms with Crippen LogP contribution in [0.5, 0.6) is 0 Å². The summed E-state index contributed by atoms with van der Waals surface area (Å²) in [4.78, 5) is 35.5. The van der Waals surface area contributed by atoms with Gasteiger partial charge >= 0.3 is 19.8 Å². The first-order valence-electron chi connectivity index (χ1n) is 24.8. The number of hydrogen-bond acceptors (Lipinski definition) is 7. The molecule has 0 spiro atoms. The van der Waals surface area contributed by atoms with Gasteiger partial charge in [-0.15, -0.1) is 0 Å². The molecule has 0 aliphatic carbocycles. The minimum absolute atomic E-state index is 0.0132. The third-order valence-electron chi connectivity index (χ3n) is 9.73. The lowest BCUT2D eigenvalue weighted by Crippen LogP contribution is -2.37. The summed E-state index contributed by atoms with van der Waals surface area (Å²) in [5.74, 6) is -0.879. The molecule has 2 atom stereocenters. The Labute approximate surface area is 397 Å². The second-order valence-electron chi connectivity index (χ2n) is 17.1. The van der Waals surface area contributed by atoms with E-state index in [0.29, 0.717) is 23.9 Å². The van der Waals surface area contributed by atoms with Crippen molar-refractivity contribution in [2.45, 2.75) is 168 Å². The number of likely N-dealkylation sites (N-methyl/N-ethyl adjacent to an activating group) is 1. The van der Waals surface area contributed by atoms with Crippen molar-refractivity contribution < 1.29 is 42.1 Å². The Morgan fingerprint density at radius 1 is 0.492 bits per heavy atom. The standard InChI is InChI=1S/C55H90NO8P/c1-6-8-10-12-14-16-18-20-22-23-24-25-26-27-28-29-30-31-32-33-34-36-38-40-42-44-46-48-55(58)64-53(52-63-65(59,60)62-50-49-56(3,4)5)51-61-54(57)47-45-43-41-39-37-35-21-19-17-15-13-11-9-7-2/h8,10,13-16,19-22,24-25,27-28,30-31,33-34,38,40,53H,6-7,9,11-12,17-18,23,26,29,32,35-37,39,41-52H2,1-5H3/p+1/b10-8-,15-13-,16-14-,21-19-,22-20-,25-24-,28-27-,31-30-,34-33-,40-38-. The van der Waals surface area contributed by atoms with E-state index in [1.807, 2.05) is 21.1 Å². The van der Waals surface area contributed by atoms with Gasteiger partial charge in [-0.3, -0.25) is 18.6 Å². The Morgan fingerprint density at radius 2 is 0.877 bits per heavy atom. The fourth-order valence-electron chi connectivity index (χ4n) is 5.87. The van der Waals surface area contributed by atoms with Crippen LogP contribution in [-0.4, -0.2) is 74.9 Å². The molecule has 368 valence electrons. The van der Waals surface area contributed by atoms with Crippen molar-refractivity contribution in [3.63, 3.8) is 0 Å². The molecule has 0 radical (unpaired) electrons. The molecule has 1 N–H and O–H groups in total. The van der Waals surface area contributed by atoms with Crippen molar-refractivity contribution >= 4 is 19.8 Å². The van der Waals surface area contributed by atoms with Gasteiger partial charge < -0.3 is 18.9 Å². The molecule has 0 fully saturated rings. The zero-order chi connectivity index (χ0) is 47.8. The summed E-state index contributed by atoms with van der Waals surface area (Å²) in [7, 11) is 1.42. The molecule has 0 aromatic rings. The average Bonchev–Trinajstić information content (AvgIpc) is 3.26. The van der Waals surface area contributed by atoms with E-state index in [4.69, 9.17) is 18.5 Å². The first-order valence-corrected chi connectivity index (χ1v) is 26.3. The highest BCUT2D eigenvalue weighted by Crippen LogP contribution is 2.43. The third kappa shape index (κ3) is 49.7. The van der Waals surface area contributed by atoms with Gasteiger partial charge in [-0.1, -0.05) is 167 Å². The van der Waals surface area contributed by atoms with Crippen LogP contribution in [0.2, 0.25) is 0 Å². The van der Waals surface area contributed by atoms with Crippen molar-refractivity contribution in [3.05, 3.63) is 122 Å². The number of quaternary nitrogens is 1. The van der Waals surface area contributed by atoms with E-state index >= 15 is 0 Å². The van der Waals surface area contributed by atoms with Crippen molar-refractivity contribution in [2.24, 2.45) is 0 Å². The molecular weight excluding hydrogens is 834 g/mol. The molecule has 65 heavy (non-hydrogen) atoms. The number of phosphoric acid groups is 1. The molecule has 0 saturated heterocycles. The second kappa shape index (κ2) is 45.6. The molecule has 10 heteroatoms. The van der Waals surface area contributed by atoms with Crippen LogP contribution in [0.15, 0.2) is 122 Å². The Hall–Kier alpha value is -3.59. The number of nitrogens with zero attached hydrogens (tertiary/aromatic N) is 1. The number of carbonyl (C=O) groups is 2. The first kappa shape index (κ1) is 61.4. The van der Waals surface area contributed by atoms with Crippen molar-refractivity contribution in [3.8, 4) is 0 Å².